The Bertz CT molecular complexity index is 259. The van der Waals surface area contributed by atoms with Crippen LogP contribution in [0.15, 0.2) is 0 Å². The lowest BCUT2D eigenvalue weighted by molar-refractivity contribution is -0.133. The molecule has 0 radical (unpaired) electrons. The maximum absolute atomic E-state index is 12.2. The summed E-state index contributed by atoms with van der Waals surface area (Å²) in [5.74, 6) is 1.78. The predicted octanol–water partition coefficient (Wildman–Crippen LogP) is 3.18. The smallest absolute Gasteiger partial charge is 0.222 e. The van der Waals surface area contributed by atoms with E-state index in [1.54, 1.807) is 0 Å². The third kappa shape index (κ3) is 5.52. The lowest BCUT2D eigenvalue weighted by Crippen LogP contribution is -2.39. The SMILES string of the molecule is CCC1CCC(N(C)C(=O)CCC(C)CCN)CC1. The molecule has 1 fully saturated rings. The van der Waals surface area contributed by atoms with E-state index in [0.29, 0.717) is 24.3 Å². The van der Waals surface area contributed by atoms with Crippen molar-refractivity contribution in [2.75, 3.05) is 13.6 Å². The molecule has 1 amide bonds. The van der Waals surface area contributed by atoms with Crippen molar-refractivity contribution in [3.63, 3.8) is 0 Å². The fourth-order valence-electron chi connectivity index (χ4n) is 3.12. The van der Waals surface area contributed by atoms with Gasteiger partial charge in [0.05, 0.1) is 0 Å². The Morgan fingerprint density at radius 1 is 1.26 bits per heavy atom. The van der Waals surface area contributed by atoms with Crippen molar-refractivity contribution in [3.05, 3.63) is 0 Å². The van der Waals surface area contributed by atoms with Gasteiger partial charge in [0.15, 0.2) is 0 Å². The minimum atomic E-state index is 0.323. The van der Waals surface area contributed by atoms with Gasteiger partial charge in [-0.3, -0.25) is 4.79 Å². The highest BCUT2D eigenvalue weighted by atomic mass is 16.2. The zero-order valence-corrected chi connectivity index (χ0v) is 13.0. The Hall–Kier alpha value is -0.570. The molecule has 1 aliphatic rings. The predicted molar refractivity (Wildman–Crippen MR) is 80.9 cm³/mol. The van der Waals surface area contributed by atoms with Crippen molar-refractivity contribution in [3.8, 4) is 0 Å². The first-order valence-corrected chi connectivity index (χ1v) is 8.04. The molecule has 0 bridgehead atoms. The van der Waals surface area contributed by atoms with Gasteiger partial charge < -0.3 is 10.6 Å². The first-order valence-electron chi connectivity index (χ1n) is 8.04. The highest BCUT2D eigenvalue weighted by Gasteiger charge is 2.25. The molecule has 3 heteroatoms. The van der Waals surface area contributed by atoms with Crippen molar-refractivity contribution in [1.29, 1.82) is 0 Å². The average Bonchev–Trinajstić information content (AvgIpc) is 2.44. The van der Waals surface area contributed by atoms with Crippen LogP contribution in [0.3, 0.4) is 0 Å². The molecule has 112 valence electrons. The molecule has 0 spiro atoms. The molecular formula is C16H32N2O. The van der Waals surface area contributed by atoms with Gasteiger partial charge in [0.2, 0.25) is 5.91 Å². The van der Waals surface area contributed by atoms with Crippen LogP contribution in [0.25, 0.3) is 0 Å². The maximum atomic E-state index is 12.2. The zero-order valence-electron chi connectivity index (χ0n) is 13.0. The number of hydrogen-bond donors (Lipinski definition) is 1. The second-order valence-corrected chi connectivity index (χ2v) is 6.31. The van der Waals surface area contributed by atoms with Crippen LogP contribution < -0.4 is 5.73 Å². The zero-order chi connectivity index (χ0) is 14.3. The van der Waals surface area contributed by atoms with Crippen LogP contribution in [0.4, 0.5) is 0 Å². The van der Waals surface area contributed by atoms with Gasteiger partial charge in [0.25, 0.3) is 0 Å². The van der Waals surface area contributed by atoms with E-state index in [1.807, 2.05) is 11.9 Å². The molecule has 0 aromatic heterocycles. The fourth-order valence-corrected chi connectivity index (χ4v) is 3.12. The van der Waals surface area contributed by atoms with Gasteiger partial charge in [-0.15, -0.1) is 0 Å². The second kappa shape index (κ2) is 8.57. The highest BCUT2D eigenvalue weighted by molar-refractivity contribution is 5.76. The molecule has 0 saturated heterocycles. The molecule has 1 saturated carbocycles. The van der Waals surface area contributed by atoms with E-state index in [1.165, 1.54) is 32.1 Å². The summed E-state index contributed by atoms with van der Waals surface area (Å²) >= 11 is 0. The van der Waals surface area contributed by atoms with Gasteiger partial charge in [-0.1, -0.05) is 20.3 Å². The maximum Gasteiger partial charge on any atom is 0.222 e. The van der Waals surface area contributed by atoms with E-state index in [9.17, 15) is 4.79 Å². The van der Waals surface area contributed by atoms with Gasteiger partial charge in [0, 0.05) is 19.5 Å². The van der Waals surface area contributed by atoms with E-state index >= 15 is 0 Å². The van der Waals surface area contributed by atoms with Crippen molar-refractivity contribution >= 4 is 5.91 Å². The normalized spacial score (nSPS) is 25.1. The number of carbonyl (C=O) groups is 1. The summed E-state index contributed by atoms with van der Waals surface area (Å²) < 4.78 is 0. The second-order valence-electron chi connectivity index (χ2n) is 6.31. The van der Waals surface area contributed by atoms with Crippen LogP contribution in [-0.4, -0.2) is 30.4 Å². The fraction of sp³-hybridized carbons (Fsp3) is 0.938. The van der Waals surface area contributed by atoms with Crippen molar-refractivity contribution in [1.82, 2.24) is 4.90 Å². The Morgan fingerprint density at radius 3 is 2.42 bits per heavy atom. The monoisotopic (exact) mass is 268 g/mol. The van der Waals surface area contributed by atoms with Gasteiger partial charge in [0.1, 0.15) is 0 Å². The van der Waals surface area contributed by atoms with Crippen LogP contribution >= 0.6 is 0 Å². The summed E-state index contributed by atoms with van der Waals surface area (Å²) in [4.78, 5) is 14.2. The Kier molecular flexibility index (Phi) is 7.44. The number of amides is 1. The number of rotatable bonds is 7. The molecule has 0 aromatic rings. The van der Waals surface area contributed by atoms with E-state index in [0.717, 1.165) is 25.3 Å². The Labute approximate surface area is 118 Å². The molecule has 0 aliphatic heterocycles. The topological polar surface area (TPSA) is 46.3 Å². The Balaban J connectivity index is 2.28. The van der Waals surface area contributed by atoms with Crippen LogP contribution in [0.2, 0.25) is 0 Å². The van der Waals surface area contributed by atoms with Crippen molar-refractivity contribution in [2.24, 2.45) is 17.6 Å². The minimum Gasteiger partial charge on any atom is -0.343 e. The van der Waals surface area contributed by atoms with Crippen molar-refractivity contribution in [2.45, 2.75) is 71.3 Å². The lowest BCUT2D eigenvalue weighted by atomic mass is 9.84. The summed E-state index contributed by atoms with van der Waals surface area (Å²) in [6.45, 7) is 5.19. The summed E-state index contributed by atoms with van der Waals surface area (Å²) in [5.41, 5.74) is 5.54. The molecule has 1 unspecified atom stereocenters. The van der Waals surface area contributed by atoms with E-state index in [2.05, 4.69) is 13.8 Å². The number of nitrogens with zero attached hydrogens (tertiary/aromatic N) is 1. The molecule has 1 rings (SSSR count). The first kappa shape index (κ1) is 16.5. The minimum absolute atomic E-state index is 0.323. The lowest BCUT2D eigenvalue weighted by Gasteiger charge is -2.34. The number of hydrogen-bond acceptors (Lipinski definition) is 2. The third-order valence-electron chi connectivity index (χ3n) is 4.85. The molecule has 1 aliphatic carbocycles. The molecule has 3 nitrogen and oxygen atoms in total. The molecule has 1 atom stereocenters. The average molecular weight is 268 g/mol. The Morgan fingerprint density at radius 2 is 1.89 bits per heavy atom. The standard InChI is InChI=1S/C16H32N2O/c1-4-14-6-8-15(9-7-14)18(3)16(19)10-5-13(2)11-12-17/h13-15H,4-12,17H2,1-3H3. The molecule has 19 heavy (non-hydrogen) atoms. The summed E-state index contributed by atoms with van der Waals surface area (Å²) in [6.07, 6.45) is 8.96. The summed E-state index contributed by atoms with van der Waals surface area (Å²) in [5, 5.41) is 0. The van der Waals surface area contributed by atoms with E-state index < -0.39 is 0 Å². The van der Waals surface area contributed by atoms with Crippen LogP contribution in [0.1, 0.15) is 65.2 Å². The summed E-state index contributed by atoms with van der Waals surface area (Å²) in [6, 6.07) is 0.486. The highest BCUT2D eigenvalue weighted by Crippen LogP contribution is 2.29. The molecule has 0 heterocycles. The largest absolute Gasteiger partial charge is 0.343 e. The van der Waals surface area contributed by atoms with Crippen molar-refractivity contribution < 1.29 is 4.79 Å². The first-order chi connectivity index (χ1) is 9.08. The molecular weight excluding hydrogens is 236 g/mol. The third-order valence-corrected chi connectivity index (χ3v) is 4.85. The van der Waals surface area contributed by atoms with Gasteiger partial charge in [-0.2, -0.15) is 0 Å². The number of nitrogens with two attached hydrogens (primary N) is 1. The van der Waals surface area contributed by atoms with Crippen LogP contribution in [0, 0.1) is 11.8 Å². The quantitative estimate of drug-likeness (QED) is 0.771. The van der Waals surface area contributed by atoms with Crippen LogP contribution in [-0.2, 0) is 4.79 Å². The van der Waals surface area contributed by atoms with E-state index in [4.69, 9.17) is 5.73 Å². The molecule has 0 aromatic carbocycles. The van der Waals surface area contributed by atoms with Gasteiger partial charge >= 0.3 is 0 Å². The summed E-state index contributed by atoms with van der Waals surface area (Å²) in [7, 11) is 1.99. The van der Waals surface area contributed by atoms with E-state index in [-0.39, 0.29) is 0 Å². The van der Waals surface area contributed by atoms with Gasteiger partial charge in [-0.25, -0.2) is 0 Å². The van der Waals surface area contributed by atoms with Crippen LogP contribution in [0.5, 0.6) is 0 Å². The number of carbonyl (C=O) groups excluding carboxylic acids is 1. The van der Waals surface area contributed by atoms with Gasteiger partial charge in [-0.05, 0) is 56.9 Å². The molecule has 2 N–H and O–H groups in total.